The first-order valence-electron chi connectivity index (χ1n) is 12.9. The number of nitrogens with one attached hydrogen (secondary N) is 1. The minimum Gasteiger partial charge on any atom is -0.378 e. The summed E-state index contributed by atoms with van der Waals surface area (Å²) in [6.07, 6.45) is 3.33. The highest BCUT2D eigenvalue weighted by Gasteiger charge is 2.43. The van der Waals surface area contributed by atoms with Crippen LogP contribution in [0.15, 0.2) is 24.3 Å². The van der Waals surface area contributed by atoms with Crippen molar-refractivity contribution in [3.63, 3.8) is 0 Å². The molecular formula is C25H37F3N4O4S. The van der Waals surface area contributed by atoms with Crippen LogP contribution < -0.4 is 4.72 Å². The van der Waals surface area contributed by atoms with E-state index in [4.69, 9.17) is 4.74 Å². The molecule has 37 heavy (non-hydrogen) atoms. The molecule has 4 rings (SSSR count). The molecule has 3 aliphatic rings. The van der Waals surface area contributed by atoms with E-state index in [1.807, 2.05) is 6.07 Å². The van der Waals surface area contributed by atoms with Crippen molar-refractivity contribution in [1.29, 1.82) is 0 Å². The Kier molecular flexibility index (Phi) is 8.72. The molecule has 3 fully saturated rings. The molecule has 2 amide bonds. The molecule has 1 saturated carbocycles. The molecule has 2 heterocycles. The summed E-state index contributed by atoms with van der Waals surface area (Å²) >= 11 is 0. The molecule has 1 N–H and O–H groups in total. The number of carbonyl (C=O) groups is 1. The lowest BCUT2D eigenvalue weighted by molar-refractivity contribution is -0.0154. The second-order valence-electron chi connectivity index (χ2n) is 10.7. The number of likely N-dealkylation sites (tertiary alicyclic amines) is 2. The van der Waals surface area contributed by atoms with Crippen molar-refractivity contribution in [2.75, 3.05) is 46.9 Å². The zero-order valence-electron chi connectivity index (χ0n) is 21.4. The molecule has 2 saturated heterocycles. The Morgan fingerprint density at radius 1 is 1.14 bits per heavy atom. The summed E-state index contributed by atoms with van der Waals surface area (Å²) in [4.78, 5) is 15.7. The van der Waals surface area contributed by atoms with Crippen molar-refractivity contribution in [1.82, 2.24) is 18.8 Å². The number of halogens is 3. The van der Waals surface area contributed by atoms with Crippen molar-refractivity contribution in [2.45, 2.75) is 62.5 Å². The Labute approximate surface area is 217 Å². The van der Waals surface area contributed by atoms with Crippen molar-refractivity contribution < 1.29 is 31.1 Å². The summed E-state index contributed by atoms with van der Waals surface area (Å²) < 4.78 is 76.0. The number of benzene rings is 1. The van der Waals surface area contributed by atoms with Crippen LogP contribution >= 0.6 is 0 Å². The van der Waals surface area contributed by atoms with E-state index in [9.17, 15) is 26.4 Å². The summed E-state index contributed by atoms with van der Waals surface area (Å²) in [6.45, 7) is 0.163. The number of ether oxygens (including phenoxy) is 1. The van der Waals surface area contributed by atoms with Crippen LogP contribution in [-0.2, 0) is 14.9 Å². The molecule has 1 aromatic carbocycles. The summed E-state index contributed by atoms with van der Waals surface area (Å²) in [5.74, 6) is -3.16. The fraction of sp³-hybridized carbons (Fsp3) is 0.720. The molecule has 1 aromatic rings. The average molecular weight is 547 g/mol. The SMILES string of the molecule is CN(C)S(=O)(=O)NC1CCN(C(=O)N2CCC(F)(F)C2)C[C@H]1CO[C@H]1CC[C@@H](c2cccc(F)c2)CC1. The van der Waals surface area contributed by atoms with Crippen molar-refractivity contribution >= 4 is 16.2 Å². The van der Waals surface area contributed by atoms with Gasteiger partial charge in [-0.3, -0.25) is 0 Å². The minimum absolute atomic E-state index is 0.00867. The summed E-state index contributed by atoms with van der Waals surface area (Å²) in [6, 6.07) is 5.80. The molecule has 0 radical (unpaired) electrons. The van der Waals surface area contributed by atoms with Crippen LogP contribution in [0, 0.1) is 11.7 Å². The Bertz CT molecular complexity index is 1050. The Morgan fingerprint density at radius 3 is 2.49 bits per heavy atom. The first-order valence-corrected chi connectivity index (χ1v) is 14.4. The van der Waals surface area contributed by atoms with Gasteiger partial charge < -0.3 is 14.5 Å². The first kappa shape index (κ1) is 28.1. The van der Waals surface area contributed by atoms with Gasteiger partial charge in [0.05, 0.1) is 19.3 Å². The second kappa shape index (κ2) is 11.5. The molecule has 8 nitrogen and oxygen atoms in total. The molecule has 0 aromatic heterocycles. The maximum atomic E-state index is 13.7. The number of amides is 2. The number of hydrogen-bond acceptors (Lipinski definition) is 4. The third kappa shape index (κ3) is 7.15. The van der Waals surface area contributed by atoms with Crippen LogP contribution in [0.4, 0.5) is 18.0 Å². The molecule has 208 valence electrons. The van der Waals surface area contributed by atoms with E-state index in [2.05, 4.69) is 4.72 Å². The predicted octanol–water partition coefficient (Wildman–Crippen LogP) is 3.42. The lowest BCUT2D eigenvalue weighted by Crippen LogP contribution is -2.57. The van der Waals surface area contributed by atoms with E-state index < -0.39 is 34.7 Å². The average Bonchev–Trinajstić information content (AvgIpc) is 3.22. The Hall–Kier alpha value is -1.89. The molecule has 0 bridgehead atoms. The molecule has 1 aliphatic carbocycles. The fourth-order valence-electron chi connectivity index (χ4n) is 5.51. The first-order chi connectivity index (χ1) is 17.4. The highest BCUT2D eigenvalue weighted by Crippen LogP contribution is 2.35. The van der Waals surface area contributed by atoms with Crippen LogP contribution in [0.3, 0.4) is 0 Å². The molecular weight excluding hydrogens is 509 g/mol. The third-order valence-corrected chi connectivity index (χ3v) is 9.33. The van der Waals surface area contributed by atoms with E-state index >= 15 is 0 Å². The van der Waals surface area contributed by atoms with Gasteiger partial charge in [0.25, 0.3) is 16.1 Å². The Balaban J connectivity index is 1.36. The van der Waals surface area contributed by atoms with E-state index in [1.165, 1.54) is 30.0 Å². The number of nitrogens with zero attached hydrogens (tertiary/aromatic N) is 3. The van der Waals surface area contributed by atoms with E-state index in [0.29, 0.717) is 6.42 Å². The van der Waals surface area contributed by atoms with Gasteiger partial charge in [-0.05, 0) is 55.7 Å². The quantitative estimate of drug-likeness (QED) is 0.568. The van der Waals surface area contributed by atoms with Gasteiger partial charge in [0.2, 0.25) is 0 Å². The van der Waals surface area contributed by atoms with Gasteiger partial charge in [-0.2, -0.15) is 17.4 Å². The molecule has 2 atom stereocenters. The van der Waals surface area contributed by atoms with E-state index in [-0.39, 0.29) is 56.4 Å². The molecule has 12 heteroatoms. The monoisotopic (exact) mass is 546 g/mol. The lowest BCUT2D eigenvalue weighted by atomic mass is 9.82. The smallest absolute Gasteiger partial charge is 0.320 e. The van der Waals surface area contributed by atoms with E-state index in [1.54, 1.807) is 12.1 Å². The maximum Gasteiger partial charge on any atom is 0.320 e. The van der Waals surface area contributed by atoms with Gasteiger partial charge in [0.15, 0.2) is 0 Å². The normalized spacial score (nSPS) is 28.6. The van der Waals surface area contributed by atoms with Crippen molar-refractivity contribution in [3.8, 4) is 0 Å². The number of piperidine rings is 1. The molecule has 0 spiro atoms. The Morgan fingerprint density at radius 2 is 1.86 bits per heavy atom. The summed E-state index contributed by atoms with van der Waals surface area (Å²) in [7, 11) is -0.817. The number of carbonyl (C=O) groups excluding carboxylic acids is 1. The highest BCUT2D eigenvalue weighted by molar-refractivity contribution is 7.87. The topological polar surface area (TPSA) is 82.2 Å². The molecule has 2 aliphatic heterocycles. The zero-order chi connectivity index (χ0) is 26.8. The number of rotatable bonds is 7. The van der Waals surface area contributed by atoms with Crippen molar-refractivity contribution in [3.05, 3.63) is 35.6 Å². The number of urea groups is 1. The van der Waals surface area contributed by atoms with Gasteiger partial charge in [0, 0.05) is 52.1 Å². The van der Waals surface area contributed by atoms with Crippen LogP contribution in [-0.4, -0.2) is 93.5 Å². The van der Waals surface area contributed by atoms with Crippen LogP contribution in [0.5, 0.6) is 0 Å². The number of hydrogen-bond donors (Lipinski definition) is 1. The largest absolute Gasteiger partial charge is 0.378 e. The van der Waals surface area contributed by atoms with Gasteiger partial charge in [-0.15, -0.1) is 0 Å². The van der Waals surface area contributed by atoms with Crippen LogP contribution in [0.2, 0.25) is 0 Å². The highest BCUT2D eigenvalue weighted by atomic mass is 32.2. The molecule has 1 unspecified atom stereocenters. The summed E-state index contributed by atoms with van der Waals surface area (Å²) in [5.41, 5.74) is 0.991. The second-order valence-corrected chi connectivity index (χ2v) is 12.6. The van der Waals surface area contributed by atoms with Crippen molar-refractivity contribution in [2.24, 2.45) is 5.92 Å². The standard InChI is InChI=1S/C25H37F3N4O4S/c1-30(2)37(34,35)29-23-10-12-31(24(33)32-13-11-25(27,28)17-32)15-20(23)16-36-22-8-6-18(7-9-22)19-4-3-5-21(26)14-19/h3-5,14,18,20,22-23,29H,6-13,15-17H2,1-2H3/t18-,20-,22+,23?/m0/s1. The fourth-order valence-corrected chi connectivity index (χ4v) is 6.41. The predicted molar refractivity (Wildman–Crippen MR) is 133 cm³/mol. The van der Waals surface area contributed by atoms with Gasteiger partial charge in [0.1, 0.15) is 5.82 Å². The third-order valence-electron chi connectivity index (χ3n) is 7.77. The van der Waals surface area contributed by atoms with E-state index in [0.717, 1.165) is 35.6 Å². The summed E-state index contributed by atoms with van der Waals surface area (Å²) in [5, 5.41) is 0. The number of alkyl halides is 2. The van der Waals surface area contributed by atoms with Crippen LogP contribution in [0.25, 0.3) is 0 Å². The minimum atomic E-state index is -3.70. The van der Waals surface area contributed by atoms with Crippen LogP contribution in [0.1, 0.15) is 50.0 Å². The maximum absolute atomic E-state index is 13.7. The lowest BCUT2D eigenvalue weighted by Gasteiger charge is -2.41. The van der Waals surface area contributed by atoms with Gasteiger partial charge in [-0.1, -0.05) is 12.1 Å². The van der Waals surface area contributed by atoms with Gasteiger partial charge >= 0.3 is 6.03 Å². The van der Waals surface area contributed by atoms with Gasteiger partial charge in [-0.25, -0.2) is 18.0 Å². The zero-order valence-corrected chi connectivity index (χ0v) is 22.2.